The van der Waals surface area contributed by atoms with E-state index < -0.39 is 12.0 Å². The highest BCUT2D eigenvalue weighted by atomic mass is 16.5. The number of unbranched alkanes of at least 4 members (excludes halogenated alkanes) is 2. The van der Waals surface area contributed by atoms with Crippen molar-refractivity contribution in [3.8, 4) is 0 Å². The predicted octanol–water partition coefficient (Wildman–Crippen LogP) is 1.33. The van der Waals surface area contributed by atoms with Crippen molar-refractivity contribution in [2.45, 2.75) is 32.6 Å². The predicted molar refractivity (Wildman–Crippen MR) is 61.8 cm³/mol. The summed E-state index contributed by atoms with van der Waals surface area (Å²) in [5.74, 6) is -0.582. The summed E-state index contributed by atoms with van der Waals surface area (Å²) in [7, 11) is 0. The SMILES string of the molecule is CC/C=C\CCCCOC(=O)NCC(N)=O. The maximum absolute atomic E-state index is 10.9. The summed E-state index contributed by atoms with van der Waals surface area (Å²) in [4.78, 5) is 21.3. The molecular weight excluding hydrogens is 208 g/mol. The minimum Gasteiger partial charge on any atom is -0.450 e. The number of amides is 2. The lowest BCUT2D eigenvalue weighted by atomic mass is 10.2. The number of allylic oxidation sites excluding steroid dienone is 2. The van der Waals surface area contributed by atoms with Gasteiger partial charge in [0.15, 0.2) is 0 Å². The highest BCUT2D eigenvalue weighted by Crippen LogP contribution is 1.98. The molecule has 0 aromatic carbocycles. The van der Waals surface area contributed by atoms with Gasteiger partial charge in [-0.05, 0) is 25.7 Å². The average molecular weight is 228 g/mol. The Bertz CT molecular complexity index is 239. The summed E-state index contributed by atoms with van der Waals surface area (Å²) in [6.45, 7) is 2.27. The Morgan fingerprint density at radius 1 is 1.31 bits per heavy atom. The lowest BCUT2D eigenvalue weighted by Gasteiger charge is -2.04. The fraction of sp³-hybridized carbons (Fsp3) is 0.636. The molecule has 0 saturated carbocycles. The summed E-state index contributed by atoms with van der Waals surface area (Å²) in [6.07, 6.45) is 7.49. The topological polar surface area (TPSA) is 81.4 Å². The highest BCUT2D eigenvalue weighted by molar-refractivity contribution is 5.80. The third-order valence-corrected chi connectivity index (χ3v) is 1.81. The first-order valence-electron chi connectivity index (χ1n) is 5.50. The molecule has 0 aliphatic heterocycles. The molecule has 0 heterocycles. The standard InChI is InChI=1S/C11H20N2O3/c1-2-3-4-5-6-7-8-16-11(15)13-9-10(12)14/h3-4H,2,5-9H2,1H3,(H2,12,14)(H,13,15)/b4-3-. The molecule has 92 valence electrons. The van der Waals surface area contributed by atoms with Crippen LogP contribution < -0.4 is 11.1 Å². The van der Waals surface area contributed by atoms with Crippen LogP contribution in [0.3, 0.4) is 0 Å². The van der Waals surface area contributed by atoms with Crippen molar-refractivity contribution >= 4 is 12.0 Å². The zero-order valence-corrected chi connectivity index (χ0v) is 9.70. The fourth-order valence-corrected chi connectivity index (χ4v) is 1.02. The van der Waals surface area contributed by atoms with Crippen LogP contribution in [0.2, 0.25) is 0 Å². The van der Waals surface area contributed by atoms with Crippen molar-refractivity contribution < 1.29 is 14.3 Å². The van der Waals surface area contributed by atoms with E-state index in [2.05, 4.69) is 24.4 Å². The molecule has 0 aromatic rings. The molecule has 0 spiro atoms. The second-order valence-electron chi connectivity index (χ2n) is 3.33. The number of rotatable bonds is 8. The van der Waals surface area contributed by atoms with E-state index in [1.165, 1.54) is 0 Å². The maximum Gasteiger partial charge on any atom is 0.407 e. The van der Waals surface area contributed by atoms with Gasteiger partial charge in [-0.15, -0.1) is 0 Å². The highest BCUT2D eigenvalue weighted by Gasteiger charge is 2.02. The minimum absolute atomic E-state index is 0.182. The molecule has 3 N–H and O–H groups in total. The summed E-state index contributed by atoms with van der Waals surface area (Å²) in [6, 6.07) is 0. The van der Waals surface area contributed by atoms with E-state index >= 15 is 0 Å². The van der Waals surface area contributed by atoms with E-state index in [0.717, 1.165) is 25.7 Å². The molecule has 0 aliphatic carbocycles. The number of carbonyl (C=O) groups excluding carboxylic acids is 2. The Labute approximate surface area is 96.0 Å². The summed E-state index contributed by atoms with van der Waals surface area (Å²) in [5, 5.41) is 2.24. The first-order valence-corrected chi connectivity index (χ1v) is 5.50. The molecule has 5 nitrogen and oxygen atoms in total. The van der Waals surface area contributed by atoms with Gasteiger partial charge >= 0.3 is 6.09 Å². The number of hydrogen-bond acceptors (Lipinski definition) is 3. The van der Waals surface area contributed by atoms with Crippen LogP contribution in [0.25, 0.3) is 0 Å². The Hall–Kier alpha value is -1.52. The molecule has 0 saturated heterocycles. The molecule has 0 unspecified atom stereocenters. The van der Waals surface area contributed by atoms with Gasteiger partial charge in [-0.3, -0.25) is 4.79 Å². The van der Waals surface area contributed by atoms with Crippen LogP contribution in [0, 0.1) is 0 Å². The Balaban J connectivity index is 3.27. The van der Waals surface area contributed by atoms with Crippen LogP contribution in [0.4, 0.5) is 4.79 Å². The zero-order chi connectivity index (χ0) is 12.2. The molecule has 5 heteroatoms. The monoisotopic (exact) mass is 228 g/mol. The lowest BCUT2D eigenvalue weighted by Crippen LogP contribution is -2.33. The van der Waals surface area contributed by atoms with Crippen molar-refractivity contribution in [2.75, 3.05) is 13.2 Å². The van der Waals surface area contributed by atoms with Crippen LogP contribution in [-0.2, 0) is 9.53 Å². The van der Waals surface area contributed by atoms with Gasteiger partial charge in [0, 0.05) is 0 Å². The number of nitrogens with two attached hydrogens (primary N) is 1. The Kier molecular flexibility index (Phi) is 9.06. The van der Waals surface area contributed by atoms with Crippen LogP contribution in [0.15, 0.2) is 12.2 Å². The largest absolute Gasteiger partial charge is 0.450 e. The molecule has 16 heavy (non-hydrogen) atoms. The summed E-state index contributed by atoms with van der Waals surface area (Å²) < 4.78 is 4.82. The molecule has 0 fully saturated rings. The first-order chi connectivity index (χ1) is 7.66. The van der Waals surface area contributed by atoms with E-state index in [-0.39, 0.29) is 6.54 Å². The Morgan fingerprint density at radius 3 is 2.69 bits per heavy atom. The van der Waals surface area contributed by atoms with Gasteiger partial charge in [0.25, 0.3) is 0 Å². The van der Waals surface area contributed by atoms with Crippen LogP contribution in [0.5, 0.6) is 0 Å². The average Bonchev–Trinajstić information content (AvgIpc) is 2.25. The third kappa shape index (κ3) is 10.6. The molecule has 0 aromatic heterocycles. The number of hydrogen-bond donors (Lipinski definition) is 2. The quantitative estimate of drug-likeness (QED) is 0.486. The van der Waals surface area contributed by atoms with Gasteiger partial charge in [-0.2, -0.15) is 0 Å². The molecule has 0 radical (unpaired) electrons. The van der Waals surface area contributed by atoms with Gasteiger partial charge in [0.1, 0.15) is 0 Å². The van der Waals surface area contributed by atoms with E-state index in [0.29, 0.717) is 6.61 Å². The molecule has 0 rings (SSSR count). The van der Waals surface area contributed by atoms with Crippen molar-refractivity contribution in [1.82, 2.24) is 5.32 Å². The number of carbonyl (C=O) groups is 2. The van der Waals surface area contributed by atoms with Crippen molar-refractivity contribution in [3.63, 3.8) is 0 Å². The smallest absolute Gasteiger partial charge is 0.407 e. The third-order valence-electron chi connectivity index (χ3n) is 1.81. The zero-order valence-electron chi connectivity index (χ0n) is 9.70. The van der Waals surface area contributed by atoms with Gasteiger partial charge in [-0.1, -0.05) is 19.1 Å². The van der Waals surface area contributed by atoms with Gasteiger partial charge in [-0.25, -0.2) is 4.79 Å². The fourth-order valence-electron chi connectivity index (χ4n) is 1.02. The number of primary amides is 1. The van der Waals surface area contributed by atoms with Crippen LogP contribution >= 0.6 is 0 Å². The van der Waals surface area contributed by atoms with Crippen molar-refractivity contribution in [2.24, 2.45) is 5.73 Å². The maximum atomic E-state index is 10.9. The van der Waals surface area contributed by atoms with Crippen LogP contribution in [0.1, 0.15) is 32.6 Å². The van der Waals surface area contributed by atoms with E-state index in [1.807, 2.05) is 0 Å². The van der Waals surface area contributed by atoms with Gasteiger partial charge < -0.3 is 15.8 Å². The molecule has 2 amide bonds. The van der Waals surface area contributed by atoms with E-state index in [9.17, 15) is 9.59 Å². The first kappa shape index (κ1) is 14.5. The number of alkyl carbamates (subject to hydrolysis) is 1. The molecule has 0 bridgehead atoms. The summed E-state index contributed by atoms with van der Waals surface area (Å²) in [5.41, 5.74) is 4.85. The molecule has 0 aliphatic rings. The van der Waals surface area contributed by atoms with Crippen molar-refractivity contribution in [3.05, 3.63) is 12.2 Å². The molecule has 0 atom stereocenters. The summed E-state index contributed by atoms with van der Waals surface area (Å²) >= 11 is 0. The lowest BCUT2D eigenvalue weighted by molar-refractivity contribution is -0.117. The minimum atomic E-state index is -0.595. The molecular formula is C11H20N2O3. The second-order valence-corrected chi connectivity index (χ2v) is 3.33. The van der Waals surface area contributed by atoms with E-state index in [1.54, 1.807) is 0 Å². The van der Waals surface area contributed by atoms with Crippen molar-refractivity contribution in [1.29, 1.82) is 0 Å². The number of nitrogens with one attached hydrogen (secondary N) is 1. The normalized spacial score (nSPS) is 10.3. The van der Waals surface area contributed by atoms with E-state index in [4.69, 9.17) is 10.5 Å². The number of ether oxygens (including phenoxy) is 1. The Morgan fingerprint density at radius 2 is 2.06 bits per heavy atom. The van der Waals surface area contributed by atoms with Gasteiger partial charge in [0.2, 0.25) is 5.91 Å². The second kappa shape index (κ2) is 10.0. The van der Waals surface area contributed by atoms with Gasteiger partial charge in [0.05, 0.1) is 13.2 Å². The van der Waals surface area contributed by atoms with Crippen LogP contribution in [-0.4, -0.2) is 25.2 Å².